The standard InChI is InChI=1S/C15H21Si.Zn/c1-16(2,3)10-9-14-12-15(14)11-13-7-5-4-6-8-13;/h4-8,15H,10-12H2,1-3H3;/q-1;. The van der Waals surface area contributed by atoms with E-state index in [1.54, 1.807) is 5.57 Å². The van der Waals surface area contributed by atoms with Crippen molar-refractivity contribution in [2.24, 2.45) is 5.92 Å². The molecular formula is C15H21SiZn-. The summed E-state index contributed by atoms with van der Waals surface area (Å²) >= 11 is 0. The minimum atomic E-state index is -0.934. The van der Waals surface area contributed by atoms with Gasteiger partial charge in [-0.25, -0.2) is 0 Å². The molecular weight excluding hydrogens is 274 g/mol. The van der Waals surface area contributed by atoms with E-state index in [9.17, 15) is 0 Å². The quantitative estimate of drug-likeness (QED) is 0.573. The maximum atomic E-state index is 3.65. The van der Waals surface area contributed by atoms with Crippen LogP contribution in [0.2, 0.25) is 25.7 Å². The van der Waals surface area contributed by atoms with Gasteiger partial charge >= 0.3 is 0 Å². The summed E-state index contributed by atoms with van der Waals surface area (Å²) < 4.78 is 0. The second-order valence-corrected chi connectivity index (χ2v) is 11.5. The molecule has 0 spiro atoms. The molecule has 1 aromatic carbocycles. The summed E-state index contributed by atoms with van der Waals surface area (Å²) in [5.41, 5.74) is 3.06. The zero-order valence-corrected chi connectivity index (χ0v) is 15.3. The number of hydrogen-bond donors (Lipinski definition) is 0. The molecule has 2 heteroatoms. The van der Waals surface area contributed by atoms with Gasteiger partial charge in [0.1, 0.15) is 0 Å². The molecule has 88 valence electrons. The second kappa shape index (κ2) is 6.11. The second-order valence-electron chi connectivity index (χ2n) is 6.03. The van der Waals surface area contributed by atoms with Crippen LogP contribution >= 0.6 is 0 Å². The van der Waals surface area contributed by atoms with Crippen LogP contribution in [0, 0.1) is 12.0 Å². The predicted octanol–water partition coefficient (Wildman–Crippen LogP) is 4.31. The molecule has 1 fully saturated rings. The van der Waals surface area contributed by atoms with Gasteiger partial charge in [-0.2, -0.15) is 6.04 Å². The largest absolute Gasteiger partial charge is 0.500 e. The van der Waals surface area contributed by atoms with Crippen LogP contribution in [0.15, 0.2) is 35.9 Å². The smallest absolute Gasteiger partial charge is 0.0155 e. The fourth-order valence-corrected chi connectivity index (χ4v) is 2.65. The molecule has 1 saturated carbocycles. The molecule has 0 saturated heterocycles. The SMILES string of the molecule is C[Si](C)(C)C[C-]=C1CC1Cc1ccccc1.[Zn]. The molecule has 2 rings (SSSR count). The Labute approximate surface area is 119 Å². The molecule has 0 aliphatic heterocycles. The van der Waals surface area contributed by atoms with Gasteiger partial charge in [0, 0.05) is 27.6 Å². The normalized spacial score (nSPS) is 21.1. The summed E-state index contributed by atoms with van der Waals surface area (Å²) in [6, 6.07) is 12.0. The summed E-state index contributed by atoms with van der Waals surface area (Å²) in [6.07, 6.45) is 6.15. The van der Waals surface area contributed by atoms with E-state index in [4.69, 9.17) is 0 Å². The van der Waals surface area contributed by atoms with Gasteiger partial charge in [-0.1, -0.05) is 56.4 Å². The molecule has 17 heavy (non-hydrogen) atoms. The molecule has 1 aliphatic rings. The van der Waals surface area contributed by atoms with Crippen LogP contribution in [-0.4, -0.2) is 8.07 Å². The van der Waals surface area contributed by atoms with E-state index in [-0.39, 0.29) is 19.5 Å². The minimum Gasteiger partial charge on any atom is -0.500 e. The fourth-order valence-electron chi connectivity index (χ4n) is 1.90. The van der Waals surface area contributed by atoms with Crippen LogP contribution < -0.4 is 0 Å². The fraction of sp³-hybridized carbons (Fsp3) is 0.467. The summed E-state index contributed by atoms with van der Waals surface area (Å²) in [5, 5.41) is 0. The Bertz CT molecular complexity index is 376. The number of allylic oxidation sites excluding steroid dienone is 2. The van der Waals surface area contributed by atoms with E-state index in [0.717, 1.165) is 5.92 Å². The molecule has 0 radical (unpaired) electrons. The maximum absolute atomic E-state index is 3.65. The van der Waals surface area contributed by atoms with Crippen molar-refractivity contribution in [3.05, 3.63) is 47.5 Å². The van der Waals surface area contributed by atoms with Gasteiger partial charge in [-0.3, -0.25) is 5.57 Å². The van der Waals surface area contributed by atoms with E-state index in [0.29, 0.717) is 0 Å². The average Bonchev–Trinajstić information content (AvgIpc) is 2.94. The Morgan fingerprint density at radius 2 is 1.82 bits per heavy atom. The van der Waals surface area contributed by atoms with Crippen LogP contribution in [0.3, 0.4) is 0 Å². The van der Waals surface area contributed by atoms with E-state index in [2.05, 4.69) is 56.0 Å². The van der Waals surface area contributed by atoms with Crippen LogP contribution in [-0.2, 0) is 25.9 Å². The van der Waals surface area contributed by atoms with Crippen molar-refractivity contribution >= 4 is 8.07 Å². The van der Waals surface area contributed by atoms with E-state index in [1.807, 2.05) is 0 Å². The van der Waals surface area contributed by atoms with Crippen LogP contribution in [0.5, 0.6) is 0 Å². The molecule has 1 atom stereocenters. The van der Waals surface area contributed by atoms with Crippen molar-refractivity contribution in [3.63, 3.8) is 0 Å². The maximum Gasteiger partial charge on any atom is 0.0155 e. The molecule has 0 nitrogen and oxygen atoms in total. The summed E-state index contributed by atoms with van der Waals surface area (Å²) in [7, 11) is -0.934. The molecule has 1 aliphatic carbocycles. The molecule has 0 heterocycles. The number of benzene rings is 1. The predicted molar refractivity (Wildman–Crippen MR) is 73.2 cm³/mol. The molecule has 0 aromatic heterocycles. The van der Waals surface area contributed by atoms with Crippen molar-refractivity contribution in [1.82, 2.24) is 0 Å². The Hall–Kier alpha value is -0.200. The Kier molecular flexibility index (Phi) is 5.34. The van der Waals surface area contributed by atoms with Gasteiger partial charge < -0.3 is 6.08 Å². The van der Waals surface area contributed by atoms with Crippen LogP contribution in [0.4, 0.5) is 0 Å². The zero-order chi connectivity index (χ0) is 11.6. The van der Waals surface area contributed by atoms with E-state index in [1.165, 1.54) is 24.4 Å². The van der Waals surface area contributed by atoms with Crippen molar-refractivity contribution in [2.45, 2.75) is 38.5 Å². The first kappa shape index (κ1) is 14.9. The average molecular weight is 295 g/mol. The van der Waals surface area contributed by atoms with Gasteiger partial charge in [-0.05, 0) is 17.9 Å². The first-order valence-corrected chi connectivity index (χ1v) is 9.89. The zero-order valence-electron chi connectivity index (χ0n) is 11.3. The molecule has 1 unspecified atom stereocenters. The third kappa shape index (κ3) is 5.31. The van der Waals surface area contributed by atoms with Gasteiger partial charge in [0.25, 0.3) is 0 Å². The number of rotatable bonds is 4. The third-order valence-corrected chi connectivity index (χ3v) is 4.21. The summed E-state index contributed by atoms with van der Waals surface area (Å²) in [6.45, 7) is 7.24. The van der Waals surface area contributed by atoms with E-state index >= 15 is 0 Å². The molecule has 0 amide bonds. The van der Waals surface area contributed by atoms with Crippen molar-refractivity contribution < 1.29 is 19.5 Å². The monoisotopic (exact) mass is 293 g/mol. The number of hydrogen-bond acceptors (Lipinski definition) is 0. The molecule has 1 aromatic rings. The van der Waals surface area contributed by atoms with Gasteiger partial charge in [0.05, 0.1) is 0 Å². The molecule has 0 N–H and O–H groups in total. The Morgan fingerprint density at radius 1 is 1.18 bits per heavy atom. The Balaban J connectivity index is 0.00000144. The Morgan fingerprint density at radius 3 is 2.41 bits per heavy atom. The third-order valence-electron chi connectivity index (χ3n) is 2.97. The summed E-state index contributed by atoms with van der Waals surface area (Å²) in [5.74, 6) is 0.804. The van der Waals surface area contributed by atoms with Crippen molar-refractivity contribution in [2.75, 3.05) is 0 Å². The van der Waals surface area contributed by atoms with Crippen LogP contribution in [0.25, 0.3) is 0 Å². The van der Waals surface area contributed by atoms with Crippen molar-refractivity contribution in [1.29, 1.82) is 0 Å². The first-order chi connectivity index (χ1) is 7.54. The van der Waals surface area contributed by atoms with Gasteiger partial charge in [0.2, 0.25) is 0 Å². The summed E-state index contributed by atoms with van der Waals surface area (Å²) in [4.78, 5) is 0. The van der Waals surface area contributed by atoms with Crippen LogP contribution in [0.1, 0.15) is 12.0 Å². The molecule has 0 bridgehead atoms. The van der Waals surface area contributed by atoms with Gasteiger partial charge in [0.15, 0.2) is 0 Å². The topological polar surface area (TPSA) is 0 Å². The van der Waals surface area contributed by atoms with Crippen molar-refractivity contribution in [3.8, 4) is 0 Å². The first-order valence-electron chi connectivity index (χ1n) is 6.18. The van der Waals surface area contributed by atoms with E-state index < -0.39 is 8.07 Å². The minimum absolute atomic E-state index is 0. The van der Waals surface area contributed by atoms with Gasteiger partial charge in [-0.15, -0.1) is 0 Å².